The molecule has 43 heavy (non-hydrogen) atoms. The lowest BCUT2D eigenvalue weighted by Crippen LogP contribution is -2.60. The Hall–Kier alpha value is -4.32. The molecular formula is C30H27ClF4N6O2. The third kappa shape index (κ3) is 5.47. The highest BCUT2D eigenvalue weighted by atomic mass is 35.5. The largest absolute Gasteiger partial charge is 0.410 e. The first-order valence-electron chi connectivity index (χ1n) is 13.4. The van der Waals surface area contributed by atoms with E-state index in [2.05, 4.69) is 21.5 Å². The number of aromatic nitrogens is 4. The maximum absolute atomic E-state index is 14.9. The molecule has 5 rings (SSSR count). The molecule has 0 N–H and O–H groups in total. The van der Waals surface area contributed by atoms with E-state index >= 15 is 0 Å². The number of carbonyl (C=O) groups is 1. The van der Waals surface area contributed by atoms with Crippen LogP contribution in [0, 0.1) is 12.7 Å². The molecule has 1 amide bonds. The molecule has 4 aromatic rings. The fourth-order valence-electron chi connectivity index (χ4n) is 5.30. The highest BCUT2D eigenvalue weighted by Gasteiger charge is 2.48. The van der Waals surface area contributed by atoms with Crippen molar-refractivity contribution in [2.24, 2.45) is 0 Å². The second kappa shape index (κ2) is 11.4. The fraction of sp³-hybridized carbons (Fsp3) is 0.300. The number of pyridine rings is 2. The Bertz CT molecular complexity index is 1810. The second-order valence-corrected chi connectivity index (χ2v) is 10.9. The van der Waals surface area contributed by atoms with Gasteiger partial charge in [0.15, 0.2) is 5.65 Å². The molecule has 0 spiro atoms. The van der Waals surface area contributed by atoms with Gasteiger partial charge in [-0.25, -0.2) is 18.7 Å². The zero-order valence-electron chi connectivity index (χ0n) is 23.5. The van der Waals surface area contributed by atoms with Crippen LogP contribution in [0.25, 0.3) is 28.0 Å². The van der Waals surface area contributed by atoms with E-state index in [0.717, 1.165) is 15.9 Å². The summed E-state index contributed by atoms with van der Waals surface area (Å²) in [5, 5.41) is -0.0118. The fourth-order valence-corrected chi connectivity index (χ4v) is 5.55. The van der Waals surface area contributed by atoms with E-state index in [1.807, 2.05) is 13.8 Å². The Morgan fingerprint density at radius 3 is 2.53 bits per heavy atom. The number of anilines is 1. The van der Waals surface area contributed by atoms with Gasteiger partial charge in [-0.1, -0.05) is 44.2 Å². The lowest BCUT2D eigenvalue weighted by atomic mass is 10.0. The minimum Gasteiger partial charge on any atom is -0.341 e. The number of aryl methyl sites for hydroxylation is 1. The summed E-state index contributed by atoms with van der Waals surface area (Å²) in [5.74, 6) is -1.72. The summed E-state index contributed by atoms with van der Waals surface area (Å²) in [6.07, 6.45) is -2.25. The number of carbonyl (C=O) groups excluding carboxylic acids is 1. The zero-order valence-corrected chi connectivity index (χ0v) is 24.2. The summed E-state index contributed by atoms with van der Waals surface area (Å²) in [7, 11) is 0. The average Bonchev–Trinajstić information content (AvgIpc) is 2.96. The monoisotopic (exact) mass is 614 g/mol. The molecule has 8 nitrogen and oxygen atoms in total. The first-order chi connectivity index (χ1) is 20.3. The van der Waals surface area contributed by atoms with Crippen molar-refractivity contribution in [2.45, 2.75) is 38.9 Å². The number of amides is 1. The molecule has 1 aromatic carbocycles. The molecule has 1 atom stereocenters. The van der Waals surface area contributed by atoms with E-state index < -0.39 is 36.2 Å². The van der Waals surface area contributed by atoms with Crippen molar-refractivity contribution < 1.29 is 22.4 Å². The van der Waals surface area contributed by atoms with Gasteiger partial charge in [0.05, 0.1) is 34.0 Å². The van der Waals surface area contributed by atoms with Crippen LogP contribution < -0.4 is 10.6 Å². The SMILES string of the molecule is C=CC(=O)N1CCN(c2nc(=O)n(-c3c(C)ccnc3C(C)C)c3nc(-c4ccccc4F)c(Cl)cc23)[C@H](C(F)(F)F)C1. The van der Waals surface area contributed by atoms with Crippen molar-refractivity contribution in [3.05, 3.63) is 87.8 Å². The number of benzene rings is 1. The Labute approximate surface area is 249 Å². The van der Waals surface area contributed by atoms with Gasteiger partial charge in [-0.05, 0) is 48.7 Å². The number of rotatable bonds is 5. The third-order valence-electron chi connectivity index (χ3n) is 7.37. The van der Waals surface area contributed by atoms with Crippen molar-refractivity contribution in [3.63, 3.8) is 0 Å². The zero-order chi connectivity index (χ0) is 31.2. The molecule has 0 radical (unpaired) electrons. The highest BCUT2D eigenvalue weighted by molar-refractivity contribution is 6.33. The normalized spacial score (nSPS) is 15.8. The highest BCUT2D eigenvalue weighted by Crippen LogP contribution is 2.38. The van der Waals surface area contributed by atoms with E-state index in [9.17, 15) is 27.2 Å². The third-order valence-corrected chi connectivity index (χ3v) is 7.66. The quantitative estimate of drug-likeness (QED) is 0.208. The molecule has 1 saturated heterocycles. The molecule has 0 aliphatic carbocycles. The molecule has 13 heteroatoms. The minimum absolute atomic E-state index is 0.000947. The molecule has 0 bridgehead atoms. The van der Waals surface area contributed by atoms with Gasteiger partial charge < -0.3 is 9.80 Å². The van der Waals surface area contributed by atoms with Crippen LogP contribution in [-0.2, 0) is 4.79 Å². The predicted octanol–water partition coefficient (Wildman–Crippen LogP) is 5.83. The van der Waals surface area contributed by atoms with Gasteiger partial charge in [-0.2, -0.15) is 18.2 Å². The van der Waals surface area contributed by atoms with Gasteiger partial charge in [-0.15, -0.1) is 0 Å². The molecule has 224 valence electrons. The molecule has 3 aromatic heterocycles. The maximum Gasteiger partial charge on any atom is 0.410 e. The van der Waals surface area contributed by atoms with Crippen LogP contribution in [0.1, 0.15) is 31.0 Å². The van der Waals surface area contributed by atoms with Gasteiger partial charge in [0.2, 0.25) is 5.91 Å². The number of nitrogens with zero attached hydrogens (tertiary/aromatic N) is 6. The molecule has 1 fully saturated rings. The van der Waals surface area contributed by atoms with E-state index in [-0.39, 0.29) is 52.1 Å². The maximum atomic E-state index is 14.9. The molecular weight excluding hydrogens is 588 g/mol. The van der Waals surface area contributed by atoms with Gasteiger partial charge in [-0.3, -0.25) is 9.78 Å². The number of halogens is 5. The number of hydrogen-bond acceptors (Lipinski definition) is 6. The van der Waals surface area contributed by atoms with Crippen molar-refractivity contribution >= 4 is 34.4 Å². The number of alkyl halides is 3. The summed E-state index contributed by atoms with van der Waals surface area (Å²) in [6.45, 7) is 7.84. The Kier molecular flexibility index (Phi) is 7.99. The Morgan fingerprint density at radius 1 is 1.16 bits per heavy atom. The summed E-state index contributed by atoms with van der Waals surface area (Å²) in [5.41, 5.74) is 0.621. The molecule has 1 aliphatic rings. The predicted molar refractivity (Wildman–Crippen MR) is 156 cm³/mol. The summed E-state index contributed by atoms with van der Waals surface area (Å²) < 4.78 is 59.5. The number of piperazine rings is 1. The smallest absolute Gasteiger partial charge is 0.341 e. The van der Waals surface area contributed by atoms with Crippen LogP contribution in [0.15, 0.2) is 60.0 Å². The van der Waals surface area contributed by atoms with Crippen molar-refractivity contribution in [3.8, 4) is 16.9 Å². The van der Waals surface area contributed by atoms with Gasteiger partial charge in [0, 0.05) is 24.8 Å². The Balaban J connectivity index is 1.85. The van der Waals surface area contributed by atoms with Gasteiger partial charge in [0.25, 0.3) is 0 Å². The van der Waals surface area contributed by atoms with Crippen LogP contribution in [-0.4, -0.2) is 62.2 Å². The first kappa shape index (κ1) is 30.1. The molecule has 1 aliphatic heterocycles. The minimum atomic E-state index is -4.79. The molecule has 0 unspecified atom stereocenters. The van der Waals surface area contributed by atoms with Gasteiger partial charge >= 0.3 is 11.9 Å². The standard InChI is InChI=1S/C30H27ClF4N6O2/c1-5-23(42)39-12-13-40(22(15-39)30(33,34)35)27-19-14-20(31)25(18-8-6-7-9-21(18)32)37-28(19)41(29(43)38-27)26-17(4)10-11-36-24(26)16(2)3/h5-11,14,16,22H,1,12-13,15H2,2-4H3/t22-/m0/s1. The van der Waals surface area contributed by atoms with E-state index in [0.29, 0.717) is 16.9 Å². The average molecular weight is 615 g/mol. The number of fused-ring (bicyclic) bond motifs is 1. The summed E-state index contributed by atoms with van der Waals surface area (Å²) >= 11 is 6.62. The second-order valence-electron chi connectivity index (χ2n) is 10.5. The van der Waals surface area contributed by atoms with Crippen molar-refractivity contribution in [1.29, 1.82) is 0 Å². The van der Waals surface area contributed by atoms with Crippen LogP contribution in [0.2, 0.25) is 5.02 Å². The van der Waals surface area contributed by atoms with Crippen LogP contribution in [0.3, 0.4) is 0 Å². The van der Waals surface area contributed by atoms with E-state index in [1.165, 1.54) is 28.8 Å². The summed E-state index contributed by atoms with van der Waals surface area (Å²) in [4.78, 5) is 41.3. The van der Waals surface area contributed by atoms with Crippen LogP contribution in [0.4, 0.5) is 23.4 Å². The first-order valence-corrected chi connectivity index (χ1v) is 13.8. The van der Waals surface area contributed by atoms with E-state index in [1.54, 1.807) is 25.3 Å². The molecule has 4 heterocycles. The topological polar surface area (TPSA) is 84.2 Å². The lowest BCUT2D eigenvalue weighted by molar-refractivity contribution is -0.159. The van der Waals surface area contributed by atoms with Crippen LogP contribution in [0.5, 0.6) is 0 Å². The van der Waals surface area contributed by atoms with Crippen molar-refractivity contribution in [2.75, 3.05) is 24.5 Å². The lowest BCUT2D eigenvalue weighted by Gasteiger charge is -2.42. The molecule has 0 saturated carbocycles. The number of hydrogen-bond donors (Lipinski definition) is 0. The Morgan fingerprint density at radius 2 is 1.88 bits per heavy atom. The van der Waals surface area contributed by atoms with Crippen molar-refractivity contribution in [1.82, 2.24) is 24.4 Å². The van der Waals surface area contributed by atoms with Gasteiger partial charge in [0.1, 0.15) is 17.7 Å². The van der Waals surface area contributed by atoms with Crippen LogP contribution >= 0.6 is 11.6 Å². The van der Waals surface area contributed by atoms with E-state index in [4.69, 9.17) is 11.6 Å². The summed E-state index contributed by atoms with van der Waals surface area (Å²) in [6, 6.07) is 6.62.